The van der Waals surface area contributed by atoms with Crippen LogP contribution in [0.4, 0.5) is 0 Å². The van der Waals surface area contributed by atoms with Crippen molar-refractivity contribution in [1.82, 2.24) is 4.90 Å². The van der Waals surface area contributed by atoms with Gasteiger partial charge in [-0.3, -0.25) is 4.99 Å². The third kappa shape index (κ3) is 4.14. The second-order valence-electron chi connectivity index (χ2n) is 2.59. The van der Waals surface area contributed by atoms with E-state index in [1.807, 2.05) is 20.9 Å². The molecule has 0 aromatic carbocycles. The summed E-state index contributed by atoms with van der Waals surface area (Å²) in [7, 11) is 4.05. The summed E-state index contributed by atoms with van der Waals surface area (Å²) in [5.74, 6) is 0. The molecule has 0 N–H and O–H groups in total. The Bertz CT molecular complexity index is 109. The molecule has 1 heterocycles. The normalized spacial score (nSPS) is 18.7. The fourth-order valence-electron chi connectivity index (χ4n) is 1.10. The van der Waals surface area contributed by atoms with Crippen molar-refractivity contribution in [2.75, 3.05) is 27.2 Å². The van der Waals surface area contributed by atoms with Gasteiger partial charge in [0.25, 0.3) is 0 Å². The van der Waals surface area contributed by atoms with Gasteiger partial charge in [-0.05, 0) is 19.9 Å². The largest absolute Gasteiger partial charge is 0.306 e. The summed E-state index contributed by atoms with van der Waals surface area (Å²) in [4.78, 5) is 6.51. The molecule has 0 bridgehead atoms. The molecule has 0 spiro atoms. The minimum absolute atomic E-state index is 1.17. The zero-order valence-electron chi connectivity index (χ0n) is 8.22. The van der Waals surface area contributed by atoms with Crippen LogP contribution in [0.25, 0.3) is 0 Å². The lowest BCUT2D eigenvalue weighted by molar-refractivity contribution is 0.336. The highest BCUT2D eigenvalue weighted by Gasteiger charge is 2.08. The highest BCUT2D eigenvalue weighted by Crippen LogP contribution is 2.03. The van der Waals surface area contributed by atoms with Crippen molar-refractivity contribution < 1.29 is 0 Å². The van der Waals surface area contributed by atoms with Gasteiger partial charge in [-0.25, -0.2) is 0 Å². The van der Waals surface area contributed by atoms with E-state index in [1.54, 1.807) is 0 Å². The summed E-state index contributed by atoms with van der Waals surface area (Å²) >= 11 is 0. The summed E-state index contributed by atoms with van der Waals surface area (Å²) in [6.07, 6.45) is 2.35. The molecule has 0 aromatic rings. The van der Waals surface area contributed by atoms with Gasteiger partial charge in [-0.15, -0.1) is 0 Å². The van der Waals surface area contributed by atoms with E-state index in [1.165, 1.54) is 31.6 Å². The average Bonchev–Trinajstić information content (AvgIpc) is 2.10. The molecule has 0 atom stereocenters. The van der Waals surface area contributed by atoms with Gasteiger partial charge in [0.15, 0.2) is 0 Å². The lowest BCUT2D eigenvalue weighted by atomic mass is 10.1. The van der Waals surface area contributed by atoms with Crippen LogP contribution in [-0.4, -0.2) is 37.8 Å². The second kappa shape index (κ2) is 6.35. The maximum Gasteiger partial charge on any atom is 0.0276 e. The van der Waals surface area contributed by atoms with E-state index >= 15 is 0 Å². The molecule has 0 aliphatic carbocycles. The number of piperidine rings is 1. The fraction of sp³-hybridized carbons (Fsp3) is 0.889. The Morgan fingerprint density at radius 1 is 1.18 bits per heavy atom. The second-order valence-corrected chi connectivity index (χ2v) is 2.59. The number of nitrogens with zero attached hydrogens (tertiary/aromatic N) is 2. The summed E-state index contributed by atoms with van der Waals surface area (Å²) in [5.41, 5.74) is 1.38. The van der Waals surface area contributed by atoms with Crippen LogP contribution in [0.2, 0.25) is 0 Å². The first-order chi connectivity index (χ1) is 5.33. The first-order valence-electron chi connectivity index (χ1n) is 4.46. The molecule has 2 nitrogen and oxygen atoms in total. The smallest absolute Gasteiger partial charge is 0.0276 e. The predicted octanol–water partition coefficient (Wildman–Crippen LogP) is 1.81. The average molecular weight is 156 g/mol. The van der Waals surface area contributed by atoms with Gasteiger partial charge in [0.2, 0.25) is 0 Å². The minimum Gasteiger partial charge on any atom is -0.306 e. The van der Waals surface area contributed by atoms with Crippen molar-refractivity contribution in [3.63, 3.8) is 0 Å². The summed E-state index contributed by atoms with van der Waals surface area (Å²) in [5, 5.41) is 0. The monoisotopic (exact) mass is 156 g/mol. The molecule has 1 rings (SSSR count). The number of rotatable bonds is 0. The third-order valence-electron chi connectivity index (χ3n) is 1.88. The van der Waals surface area contributed by atoms with Gasteiger partial charge in [0, 0.05) is 25.8 Å². The molecule has 1 aliphatic heterocycles. The van der Waals surface area contributed by atoms with Gasteiger partial charge < -0.3 is 4.90 Å². The topological polar surface area (TPSA) is 15.6 Å². The zero-order chi connectivity index (χ0) is 8.69. The third-order valence-corrected chi connectivity index (χ3v) is 1.88. The van der Waals surface area contributed by atoms with Crippen LogP contribution in [-0.2, 0) is 0 Å². The van der Waals surface area contributed by atoms with Crippen molar-refractivity contribution in [3.05, 3.63) is 0 Å². The first kappa shape index (κ1) is 10.6. The zero-order valence-corrected chi connectivity index (χ0v) is 8.22. The maximum absolute atomic E-state index is 4.17. The van der Waals surface area contributed by atoms with Crippen LogP contribution >= 0.6 is 0 Å². The summed E-state index contributed by atoms with van der Waals surface area (Å²) < 4.78 is 0. The van der Waals surface area contributed by atoms with Gasteiger partial charge in [-0.2, -0.15) is 0 Å². The lowest BCUT2D eigenvalue weighted by Gasteiger charge is -2.22. The molecule has 11 heavy (non-hydrogen) atoms. The number of likely N-dealkylation sites (tertiary alicyclic amines) is 1. The lowest BCUT2D eigenvalue weighted by Crippen LogP contribution is -2.30. The van der Waals surface area contributed by atoms with E-state index in [2.05, 4.69) is 16.9 Å². The van der Waals surface area contributed by atoms with Crippen LogP contribution < -0.4 is 0 Å². The molecule has 1 saturated heterocycles. The number of hydrogen-bond donors (Lipinski definition) is 0. The van der Waals surface area contributed by atoms with Crippen LogP contribution in [0.15, 0.2) is 4.99 Å². The minimum atomic E-state index is 1.17. The van der Waals surface area contributed by atoms with E-state index in [0.29, 0.717) is 0 Å². The van der Waals surface area contributed by atoms with Crippen molar-refractivity contribution in [2.45, 2.75) is 26.7 Å². The van der Waals surface area contributed by atoms with Crippen LogP contribution in [0.3, 0.4) is 0 Å². The molecular formula is C9H20N2. The molecule has 0 radical (unpaired) electrons. The Kier molecular flexibility index (Phi) is 6.13. The van der Waals surface area contributed by atoms with Crippen LogP contribution in [0.5, 0.6) is 0 Å². The highest BCUT2D eigenvalue weighted by molar-refractivity contribution is 5.85. The summed E-state index contributed by atoms with van der Waals surface area (Å²) in [6, 6.07) is 0. The Labute approximate surface area is 70.3 Å². The molecule has 2 heteroatoms. The molecule has 66 valence electrons. The van der Waals surface area contributed by atoms with Gasteiger partial charge in [0.1, 0.15) is 0 Å². The Hall–Kier alpha value is -0.370. The number of aliphatic imine (C=N–C) groups is 1. The first-order valence-corrected chi connectivity index (χ1v) is 4.46. The fourth-order valence-corrected chi connectivity index (χ4v) is 1.10. The number of hydrogen-bond acceptors (Lipinski definition) is 2. The molecule has 0 saturated carbocycles. The van der Waals surface area contributed by atoms with Crippen molar-refractivity contribution >= 4 is 5.71 Å². The molecular weight excluding hydrogens is 136 g/mol. The molecule has 0 aromatic heterocycles. The SMILES string of the molecule is CC.CN=C1CCN(C)CC1. The molecule has 0 amide bonds. The molecule has 0 unspecified atom stereocenters. The van der Waals surface area contributed by atoms with Gasteiger partial charge in [-0.1, -0.05) is 13.8 Å². The van der Waals surface area contributed by atoms with Gasteiger partial charge >= 0.3 is 0 Å². The van der Waals surface area contributed by atoms with E-state index in [4.69, 9.17) is 0 Å². The summed E-state index contributed by atoms with van der Waals surface area (Å²) in [6.45, 7) is 6.37. The molecule has 1 fully saturated rings. The quantitative estimate of drug-likeness (QED) is 0.522. The van der Waals surface area contributed by atoms with E-state index < -0.39 is 0 Å². The molecule has 1 aliphatic rings. The van der Waals surface area contributed by atoms with Crippen LogP contribution in [0.1, 0.15) is 26.7 Å². The van der Waals surface area contributed by atoms with E-state index in [-0.39, 0.29) is 0 Å². The Morgan fingerprint density at radius 2 is 1.64 bits per heavy atom. The Morgan fingerprint density at radius 3 is 2.00 bits per heavy atom. The standard InChI is InChI=1S/C7H14N2.C2H6/c1-8-7-3-5-9(2)6-4-7;1-2/h3-6H2,1-2H3;1-2H3. The predicted molar refractivity (Wildman–Crippen MR) is 51.4 cm³/mol. The van der Waals surface area contributed by atoms with Crippen molar-refractivity contribution in [2.24, 2.45) is 4.99 Å². The van der Waals surface area contributed by atoms with E-state index in [9.17, 15) is 0 Å². The Balaban J connectivity index is 0.000000461. The van der Waals surface area contributed by atoms with Crippen molar-refractivity contribution in [3.8, 4) is 0 Å². The van der Waals surface area contributed by atoms with Crippen molar-refractivity contribution in [1.29, 1.82) is 0 Å². The van der Waals surface area contributed by atoms with E-state index in [0.717, 1.165) is 0 Å². The maximum atomic E-state index is 4.17. The van der Waals surface area contributed by atoms with Crippen LogP contribution in [0, 0.1) is 0 Å². The highest BCUT2D eigenvalue weighted by atomic mass is 15.1. The van der Waals surface area contributed by atoms with Gasteiger partial charge in [0.05, 0.1) is 0 Å².